The first-order valence-corrected chi connectivity index (χ1v) is 12.6. The Balaban J connectivity index is 1.45. The molecule has 4 amide bonds. The number of non-ortho nitro benzene ring substituents is 1. The number of nitro groups is 1. The van der Waals surface area contributed by atoms with Crippen LogP contribution in [0.15, 0.2) is 65.9 Å². The summed E-state index contributed by atoms with van der Waals surface area (Å²) in [5.74, 6) is -0.692. The lowest BCUT2D eigenvalue weighted by atomic mass is 9.95. The Morgan fingerprint density at radius 2 is 2.00 bits per heavy atom. The molecule has 3 heterocycles. The molecular formula is C27H29N5O6. The van der Waals surface area contributed by atoms with E-state index in [0.717, 1.165) is 18.4 Å². The molecule has 0 aromatic heterocycles. The molecule has 0 aliphatic carbocycles. The highest BCUT2D eigenvalue weighted by Gasteiger charge is 2.46. The van der Waals surface area contributed by atoms with Crippen LogP contribution in [-0.4, -0.2) is 71.5 Å². The number of nitrogens with one attached hydrogen (secondary N) is 2. The number of urea groups is 1. The lowest BCUT2D eigenvalue weighted by molar-refractivity contribution is -0.384. The van der Waals surface area contributed by atoms with Gasteiger partial charge in [0.15, 0.2) is 0 Å². The minimum Gasteiger partial charge on any atom is -0.376 e. The van der Waals surface area contributed by atoms with E-state index in [1.54, 1.807) is 13.1 Å². The normalized spacial score (nSPS) is 21.8. The van der Waals surface area contributed by atoms with Crippen molar-refractivity contribution in [2.24, 2.45) is 0 Å². The van der Waals surface area contributed by atoms with E-state index in [2.05, 4.69) is 10.6 Å². The van der Waals surface area contributed by atoms with Crippen molar-refractivity contribution < 1.29 is 24.0 Å². The largest absolute Gasteiger partial charge is 0.376 e. The molecule has 0 spiro atoms. The molecule has 2 aromatic rings. The Kier molecular flexibility index (Phi) is 7.10. The number of carbonyl (C=O) groups excluding carboxylic acids is 3. The molecule has 3 aliphatic rings. The minimum atomic E-state index is -0.876. The number of nitro benzene ring substituents is 1. The first kappa shape index (κ1) is 25.4. The first-order chi connectivity index (χ1) is 18.3. The molecule has 198 valence electrons. The van der Waals surface area contributed by atoms with Crippen molar-refractivity contribution in [1.82, 2.24) is 20.4 Å². The summed E-state index contributed by atoms with van der Waals surface area (Å²) < 4.78 is 5.64. The molecule has 5 rings (SSSR count). The van der Waals surface area contributed by atoms with Gasteiger partial charge >= 0.3 is 6.03 Å². The van der Waals surface area contributed by atoms with E-state index >= 15 is 0 Å². The van der Waals surface area contributed by atoms with Gasteiger partial charge in [-0.25, -0.2) is 4.79 Å². The Labute approximate surface area is 219 Å². The second kappa shape index (κ2) is 10.6. The van der Waals surface area contributed by atoms with E-state index < -0.39 is 28.9 Å². The van der Waals surface area contributed by atoms with Crippen molar-refractivity contribution in [2.75, 3.05) is 26.7 Å². The lowest BCUT2D eigenvalue weighted by Gasteiger charge is -2.31. The van der Waals surface area contributed by atoms with Gasteiger partial charge in [0.05, 0.1) is 34.9 Å². The highest BCUT2D eigenvalue weighted by Crippen LogP contribution is 2.37. The quantitative estimate of drug-likeness (QED) is 0.406. The van der Waals surface area contributed by atoms with Crippen LogP contribution in [0.2, 0.25) is 0 Å². The molecular weight excluding hydrogens is 490 g/mol. The van der Waals surface area contributed by atoms with Gasteiger partial charge in [0.2, 0.25) is 5.91 Å². The Hall–Kier alpha value is -4.25. The molecule has 3 atom stereocenters. The third kappa shape index (κ3) is 4.97. The van der Waals surface area contributed by atoms with Crippen molar-refractivity contribution in [3.63, 3.8) is 0 Å². The molecule has 11 nitrogen and oxygen atoms in total. The van der Waals surface area contributed by atoms with Gasteiger partial charge in [0.1, 0.15) is 6.04 Å². The van der Waals surface area contributed by atoms with Crippen LogP contribution in [0.5, 0.6) is 0 Å². The van der Waals surface area contributed by atoms with Crippen LogP contribution in [-0.2, 0) is 20.7 Å². The number of ether oxygens (including phenoxy) is 1. The van der Waals surface area contributed by atoms with Gasteiger partial charge in [-0.15, -0.1) is 0 Å². The topological polar surface area (TPSA) is 134 Å². The second-order valence-electron chi connectivity index (χ2n) is 9.67. The number of benzene rings is 2. The molecule has 0 unspecified atom stereocenters. The van der Waals surface area contributed by atoms with E-state index in [0.29, 0.717) is 30.0 Å². The number of hydrogen-bond acceptors (Lipinski definition) is 6. The fourth-order valence-corrected chi connectivity index (χ4v) is 5.23. The number of carbonyl (C=O) groups is 3. The lowest BCUT2D eigenvalue weighted by Crippen LogP contribution is -2.51. The summed E-state index contributed by atoms with van der Waals surface area (Å²) in [5.41, 5.74) is 1.94. The van der Waals surface area contributed by atoms with Crippen molar-refractivity contribution in [3.8, 4) is 0 Å². The predicted octanol–water partition coefficient (Wildman–Crippen LogP) is 2.29. The molecule has 2 aromatic carbocycles. The number of nitrogens with zero attached hydrogens (tertiary/aromatic N) is 3. The predicted molar refractivity (Wildman–Crippen MR) is 137 cm³/mol. The van der Waals surface area contributed by atoms with Gasteiger partial charge in [0, 0.05) is 38.8 Å². The highest BCUT2D eigenvalue weighted by molar-refractivity contribution is 6.03. The SMILES string of the molecule is CN1C(=O)N[C@H](c2cccc([N+](=O)[O-])c2)C2=C1CN([C@H](Cc1ccccc1)C(=O)NC[C@@H]1CCCO1)C2=O. The number of amides is 4. The molecule has 0 radical (unpaired) electrons. The van der Waals surface area contributed by atoms with E-state index in [9.17, 15) is 24.5 Å². The van der Waals surface area contributed by atoms with Gasteiger partial charge in [-0.2, -0.15) is 0 Å². The monoisotopic (exact) mass is 519 g/mol. The number of likely N-dealkylation sites (N-methyl/N-ethyl adjacent to an activating group) is 1. The first-order valence-electron chi connectivity index (χ1n) is 12.6. The molecule has 0 saturated carbocycles. The maximum Gasteiger partial charge on any atom is 0.322 e. The van der Waals surface area contributed by atoms with Gasteiger partial charge in [0.25, 0.3) is 11.6 Å². The van der Waals surface area contributed by atoms with E-state index in [-0.39, 0.29) is 30.7 Å². The van der Waals surface area contributed by atoms with Crippen LogP contribution in [0.1, 0.15) is 30.0 Å². The third-order valence-electron chi connectivity index (χ3n) is 7.28. The second-order valence-corrected chi connectivity index (χ2v) is 9.67. The van der Waals surface area contributed by atoms with Gasteiger partial charge in [-0.05, 0) is 24.0 Å². The van der Waals surface area contributed by atoms with Crippen LogP contribution in [0.4, 0.5) is 10.5 Å². The van der Waals surface area contributed by atoms with Gasteiger partial charge in [-0.1, -0.05) is 42.5 Å². The smallest absolute Gasteiger partial charge is 0.322 e. The van der Waals surface area contributed by atoms with E-state index in [1.165, 1.54) is 28.0 Å². The average Bonchev–Trinajstić information content (AvgIpc) is 3.57. The van der Waals surface area contributed by atoms with Crippen LogP contribution in [0.3, 0.4) is 0 Å². The Morgan fingerprint density at radius 1 is 1.21 bits per heavy atom. The fourth-order valence-electron chi connectivity index (χ4n) is 5.23. The highest BCUT2D eigenvalue weighted by atomic mass is 16.6. The molecule has 1 saturated heterocycles. The maximum absolute atomic E-state index is 13.9. The Bertz CT molecular complexity index is 1290. The summed E-state index contributed by atoms with van der Waals surface area (Å²) in [7, 11) is 1.56. The van der Waals surface area contributed by atoms with E-state index in [1.807, 2.05) is 30.3 Å². The van der Waals surface area contributed by atoms with Crippen LogP contribution in [0.25, 0.3) is 0 Å². The van der Waals surface area contributed by atoms with Crippen molar-refractivity contribution >= 4 is 23.5 Å². The zero-order valence-corrected chi connectivity index (χ0v) is 21.0. The number of hydrogen-bond donors (Lipinski definition) is 2. The molecule has 1 fully saturated rings. The summed E-state index contributed by atoms with van der Waals surface area (Å²) in [5, 5.41) is 17.1. The summed E-state index contributed by atoms with van der Waals surface area (Å²) in [4.78, 5) is 54.0. The summed E-state index contributed by atoms with van der Waals surface area (Å²) in [6, 6.07) is 13.2. The van der Waals surface area contributed by atoms with Gasteiger partial charge < -0.3 is 20.3 Å². The minimum absolute atomic E-state index is 0.0526. The van der Waals surface area contributed by atoms with Gasteiger partial charge in [-0.3, -0.25) is 24.6 Å². The summed E-state index contributed by atoms with van der Waals surface area (Å²) in [6.07, 6.45) is 2.05. The average molecular weight is 520 g/mol. The van der Waals surface area contributed by atoms with Crippen molar-refractivity contribution in [3.05, 3.63) is 87.1 Å². The van der Waals surface area contributed by atoms with Crippen LogP contribution >= 0.6 is 0 Å². The number of rotatable bonds is 8. The molecule has 38 heavy (non-hydrogen) atoms. The third-order valence-corrected chi connectivity index (χ3v) is 7.28. The summed E-state index contributed by atoms with van der Waals surface area (Å²) in [6.45, 7) is 1.09. The standard InChI is InChI=1S/C27H29N5O6/c1-30-22-16-31(21(13-17-7-3-2-4-8-17)25(33)28-15-20-11-6-12-38-20)26(34)23(22)24(29-27(30)35)18-9-5-10-19(14-18)32(36)37/h2-5,7-10,14,20-21,24H,6,11-13,15-16H2,1H3,(H,28,33)(H,29,35)/t20-,21+,24+/m0/s1. The van der Waals surface area contributed by atoms with E-state index in [4.69, 9.17) is 4.74 Å². The van der Waals surface area contributed by atoms with Crippen LogP contribution in [0, 0.1) is 10.1 Å². The van der Waals surface area contributed by atoms with Crippen LogP contribution < -0.4 is 10.6 Å². The molecule has 3 aliphatic heterocycles. The zero-order chi connectivity index (χ0) is 26.8. The van der Waals surface area contributed by atoms with Crippen molar-refractivity contribution in [1.29, 1.82) is 0 Å². The fraction of sp³-hybridized carbons (Fsp3) is 0.370. The molecule has 0 bridgehead atoms. The molecule has 2 N–H and O–H groups in total. The maximum atomic E-state index is 13.9. The molecule has 11 heteroatoms. The Morgan fingerprint density at radius 3 is 2.71 bits per heavy atom. The summed E-state index contributed by atoms with van der Waals surface area (Å²) >= 11 is 0. The zero-order valence-electron chi connectivity index (χ0n) is 21.0. The van der Waals surface area contributed by atoms with Crippen molar-refractivity contribution in [2.45, 2.75) is 37.5 Å².